The number of nitrogens with zero attached hydrogens (tertiary/aromatic N) is 1. The zero-order valence-electron chi connectivity index (χ0n) is 54.4. The standard InChI is InChI=1S/C70H143N2O6P/c1-6-8-10-12-14-16-18-20-22-24-26-28-30-32-33-34-35-36-37-38-40-42-44-46-48-50-52-54-56-58-60-62-64-70(74)71-68(67-78-79(75,76)77-66-65-72(3,4)5)69(73)63-61-59-57-55-53-51-49-47-45-43-41-39-31-29-27-25-23-21-19-17-15-13-11-9-7-2/h68-69,73H,6-67H2,1-5H3,(H-,71,74,75,76)/p+1. The van der Waals surface area contributed by atoms with Crippen LogP contribution >= 0.6 is 7.82 Å². The van der Waals surface area contributed by atoms with E-state index in [4.69, 9.17) is 9.05 Å². The summed E-state index contributed by atoms with van der Waals surface area (Å²) in [5, 5.41) is 14.2. The predicted molar refractivity (Wildman–Crippen MR) is 346 cm³/mol. The highest BCUT2D eigenvalue weighted by molar-refractivity contribution is 7.47. The topological polar surface area (TPSA) is 105 Å². The minimum atomic E-state index is -4.33. The molecule has 1 amide bonds. The Balaban J connectivity index is 3.96. The number of aliphatic hydroxyl groups is 1. The lowest BCUT2D eigenvalue weighted by Gasteiger charge is -2.26. The van der Waals surface area contributed by atoms with E-state index >= 15 is 0 Å². The first kappa shape index (κ1) is 78.5. The Hall–Kier alpha value is -0.500. The molecule has 3 N–H and O–H groups in total. The molecule has 0 aliphatic heterocycles. The van der Waals surface area contributed by atoms with Gasteiger partial charge in [-0.1, -0.05) is 373 Å². The molecule has 0 heterocycles. The van der Waals surface area contributed by atoms with Crippen molar-refractivity contribution in [3.05, 3.63) is 0 Å². The highest BCUT2D eigenvalue weighted by Gasteiger charge is 2.28. The van der Waals surface area contributed by atoms with Gasteiger partial charge in [-0.25, -0.2) is 4.57 Å². The number of rotatable bonds is 68. The summed E-state index contributed by atoms with van der Waals surface area (Å²) in [6.45, 7) is 4.97. The van der Waals surface area contributed by atoms with Crippen molar-refractivity contribution in [1.29, 1.82) is 0 Å². The van der Waals surface area contributed by atoms with Crippen LogP contribution in [0, 0.1) is 0 Å². The molecule has 3 unspecified atom stereocenters. The van der Waals surface area contributed by atoms with Gasteiger partial charge in [-0.05, 0) is 12.8 Å². The third-order valence-corrected chi connectivity index (χ3v) is 18.1. The number of likely N-dealkylation sites (N-methyl/N-ethyl adjacent to an activating group) is 1. The first-order valence-electron chi connectivity index (χ1n) is 35.9. The molecule has 8 nitrogen and oxygen atoms in total. The molecule has 0 bridgehead atoms. The number of hydrogen-bond donors (Lipinski definition) is 3. The number of phosphoric ester groups is 1. The number of nitrogens with one attached hydrogen (secondary N) is 1. The molecule has 0 aliphatic rings. The lowest BCUT2D eigenvalue weighted by atomic mass is 10.0. The number of quaternary nitrogens is 1. The van der Waals surface area contributed by atoms with Crippen molar-refractivity contribution in [2.75, 3.05) is 40.9 Å². The smallest absolute Gasteiger partial charge is 0.391 e. The molecule has 0 saturated heterocycles. The number of phosphoric acid groups is 1. The van der Waals surface area contributed by atoms with Gasteiger partial charge in [-0.15, -0.1) is 0 Å². The fourth-order valence-corrected chi connectivity index (χ4v) is 12.3. The van der Waals surface area contributed by atoms with Crippen LogP contribution in [0.4, 0.5) is 0 Å². The van der Waals surface area contributed by atoms with E-state index in [1.807, 2.05) is 21.1 Å². The first-order chi connectivity index (χ1) is 38.5. The number of amides is 1. The molecule has 0 spiro atoms. The van der Waals surface area contributed by atoms with E-state index in [9.17, 15) is 19.4 Å². The van der Waals surface area contributed by atoms with Gasteiger partial charge in [0.25, 0.3) is 0 Å². The molecule has 0 rings (SSSR count). The van der Waals surface area contributed by atoms with E-state index in [0.717, 1.165) is 38.5 Å². The Morgan fingerprint density at radius 2 is 0.608 bits per heavy atom. The van der Waals surface area contributed by atoms with Crippen LogP contribution in [-0.4, -0.2) is 73.4 Å². The number of carbonyl (C=O) groups is 1. The summed E-state index contributed by atoms with van der Waals surface area (Å²) in [5.41, 5.74) is 0. The molecule has 474 valence electrons. The van der Waals surface area contributed by atoms with Crippen molar-refractivity contribution in [3.8, 4) is 0 Å². The van der Waals surface area contributed by atoms with E-state index in [0.29, 0.717) is 23.9 Å². The van der Waals surface area contributed by atoms with Gasteiger partial charge in [0.15, 0.2) is 0 Å². The summed E-state index contributed by atoms with van der Waals surface area (Å²) in [7, 11) is 1.64. The summed E-state index contributed by atoms with van der Waals surface area (Å²) < 4.78 is 23.9. The van der Waals surface area contributed by atoms with Gasteiger partial charge in [-0.2, -0.15) is 0 Å². The maximum Gasteiger partial charge on any atom is 0.472 e. The fraction of sp³-hybridized carbons (Fsp3) is 0.986. The van der Waals surface area contributed by atoms with Crippen LogP contribution in [0.5, 0.6) is 0 Å². The Bertz CT molecular complexity index is 1250. The van der Waals surface area contributed by atoms with Crippen molar-refractivity contribution in [2.45, 2.75) is 405 Å². The Labute approximate surface area is 495 Å². The fourth-order valence-electron chi connectivity index (χ4n) is 11.5. The summed E-state index contributed by atoms with van der Waals surface area (Å²) >= 11 is 0. The van der Waals surface area contributed by atoms with Crippen molar-refractivity contribution >= 4 is 13.7 Å². The first-order valence-corrected chi connectivity index (χ1v) is 37.4. The molecule has 0 saturated carbocycles. The van der Waals surface area contributed by atoms with Crippen LogP contribution in [0.15, 0.2) is 0 Å². The average Bonchev–Trinajstić information content (AvgIpc) is 3.42. The molecule has 0 aromatic rings. The van der Waals surface area contributed by atoms with Crippen molar-refractivity contribution in [2.24, 2.45) is 0 Å². The molecular formula is C70H144N2O6P+. The second kappa shape index (κ2) is 62.0. The minimum Gasteiger partial charge on any atom is -0.391 e. The SMILES string of the molecule is CCCCCCCCCCCCCCCCCCCCCCCCCCCCCCCCCCC(=O)NC(COP(=O)(O)OCC[N+](C)(C)C)C(O)CCCCCCCCCCCCCCCCCCCCCCCCCCC. The van der Waals surface area contributed by atoms with Crippen LogP contribution in [0.1, 0.15) is 393 Å². The molecule has 0 radical (unpaired) electrons. The largest absolute Gasteiger partial charge is 0.472 e. The van der Waals surface area contributed by atoms with Crippen LogP contribution in [0.3, 0.4) is 0 Å². The van der Waals surface area contributed by atoms with E-state index in [1.165, 1.54) is 327 Å². The Morgan fingerprint density at radius 3 is 0.848 bits per heavy atom. The summed E-state index contributed by atoms with van der Waals surface area (Å²) in [4.78, 5) is 23.5. The maximum absolute atomic E-state index is 13.1. The van der Waals surface area contributed by atoms with Gasteiger partial charge in [0.2, 0.25) is 5.91 Å². The van der Waals surface area contributed by atoms with Gasteiger partial charge in [0, 0.05) is 6.42 Å². The number of aliphatic hydroxyl groups excluding tert-OH is 1. The minimum absolute atomic E-state index is 0.0795. The van der Waals surface area contributed by atoms with Crippen LogP contribution in [0.2, 0.25) is 0 Å². The Kier molecular flexibility index (Phi) is 61.7. The van der Waals surface area contributed by atoms with Crippen LogP contribution < -0.4 is 5.32 Å². The van der Waals surface area contributed by atoms with Gasteiger partial charge < -0.3 is 19.8 Å². The van der Waals surface area contributed by atoms with E-state index in [1.54, 1.807) is 0 Å². The third kappa shape index (κ3) is 64.9. The molecule has 0 fully saturated rings. The summed E-state index contributed by atoms with van der Waals surface area (Å²) in [6.07, 6.45) is 77.9. The number of unbranched alkanes of at least 4 members (excludes halogenated alkanes) is 55. The van der Waals surface area contributed by atoms with Crippen LogP contribution in [-0.2, 0) is 18.4 Å². The monoisotopic (exact) mass is 1140 g/mol. The lowest BCUT2D eigenvalue weighted by Crippen LogP contribution is -2.46. The molecular weight excluding hydrogens is 996 g/mol. The molecule has 0 aliphatic carbocycles. The van der Waals surface area contributed by atoms with E-state index < -0.39 is 20.0 Å². The summed E-state index contributed by atoms with van der Waals surface area (Å²) in [5.74, 6) is -0.133. The van der Waals surface area contributed by atoms with Crippen molar-refractivity contribution < 1.29 is 32.9 Å². The highest BCUT2D eigenvalue weighted by Crippen LogP contribution is 2.43. The highest BCUT2D eigenvalue weighted by atomic mass is 31.2. The third-order valence-electron chi connectivity index (χ3n) is 17.1. The second-order valence-electron chi connectivity index (χ2n) is 26.3. The number of hydrogen-bond acceptors (Lipinski definition) is 5. The average molecular weight is 1140 g/mol. The Morgan fingerprint density at radius 1 is 0.380 bits per heavy atom. The van der Waals surface area contributed by atoms with Gasteiger partial charge in [0.05, 0.1) is 39.9 Å². The van der Waals surface area contributed by atoms with Crippen molar-refractivity contribution in [1.82, 2.24) is 5.32 Å². The zero-order chi connectivity index (χ0) is 57.7. The van der Waals surface area contributed by atoms with E-state index in [-0.39, 0.29) is 19.1 Å². The normalized spacial score (nSPS) is 13.6. The molecule has 0 aromatic heterocycles. The molecule has 79 heavy (non-hydrogen) atoms. The number of carbonyl (C=O) groups excluding carboxylic acids is 1. The second-order valence-corrected chi connectivity index (χ2v) is 27.8. The molecule has 9 heteroatoms. The predicted octanol–water partition coefficient (Wildman–Crippen LogP) is 22.7. The van der Waals surface area contributed by atoms with Gasteiger partial charge >= 0.3 is 7.82 Å². The quantitative estimate of drug-likeness (QED) is 0.0318. The van der Waals surface area contributed by atoms with Crippen LogP contribution in [0.25, 0.3) is 0 Å². The lowest BCUT2D eigenvalue weighted by molar-refractivity contribution is -0.870. The molecule has 0 aromatic carbocycles. The summed E-state index contributed by atoms with van der Waals surface area (Å²) in [6, 6.07) is -0.757. The van der Waals surface area contributed by atoms with E-state index in [2.05, 4.69) is 19.2 Å². The van der Waals surface area contributed by atoms with Gasteiger partial charge in [-0.3, -0.25) is 13.8 Å². The maximum atomic E-state index is 13.1. The van der Waals surface area contributed by atoms with Gasteiger partial charge in [0.1, 0.15) is 13.2 Å². The van der Waals surface area contributed by atoms with Crippen molar-refractivity contribution in [3.63, 3.8) is 0 Å². The molecule has 3 atom stereocenters. The zero-order valence-corrected chi connectivity index (χ0v) is 55.3.